The van der Waals surface area contributed by atoms with E-state index in [0.29, 0.717) is 0 Å². The predicted octanol–water partition coefficient (Wildman–Crippen LogP) is 6.70. The van der Waals surface area contributed by atoms with Crippen molar-refractivity contribution < 1.29 is 4.74 Å². The van der Waals surface area contributed by atoms with Crippen molar-refractivity contribution in [2.24, 2.45) is 0 Å². The molecule has 0 N–H and O–H groups in total. The van der Waals surface area contributed by atoms with Crippen molar-refractivity contribution in [3.05, 3.63) is 144 Å². The fourth-order valence-corrected chi connectivity index (χ4v) is 8.04. The molecule has 3 heteroatoms. The first-order chi connectivity index (χ1) is 18.2. The van der Waals surface area contributed by atoms with Crippen molar-refractivity contribution in [1.82, 2.24) is 9.80 Å². The standard InChI is InChI=1S/C34H34N2O/c1-35-29(25-15-7-3-8-16-25)23-33(27-19-11-5-12-20-27)31(35)37-32-34(33,28-21-13-6-14-22-28)24-30(36(32)2)26-17-9-4-10-18-26/h3-22,29-32H,23-24H2,1-2H3/t29-,30-,31+,32+,33-,34-/m0/s1. The average Bonchev–Trinajstić information content (AvgIpc) is 3.55. The molecule has 4 aromatic carbocycles. The summed E-state index contributed by atoms with van der Waals surface area (Å²) >= 11 is 0. The number of fused-ring (bicyclic) bond motifs is 3. The number of nitrogens with zero attached hydrogens (tertiary/aromatic N) is 2. The molecule has 4 aromatic rings. The number of hydrogen-bond donors (Lipinski definition) is 0. The summed E-state index contributed by atoms with van der Waals surface area (Å²) in [4.78, 5) is 5.02. The van der Waals surface area contributed by atoms with E-state index < -0.39 is 0 Å². The maximum atomic E-state index is 7.30. The lowest BCUT2D eigenvalue weighted by atomic mass is 9.54. The Kier molecular flexibility index (Phi) is 5.37. The van der Waals surface area contributed by atoms with Gasteiger partial charge in [-0.05, 0) is 49.2 Å². The van der Waals surface area contributed by atoms with Gasteiger partial charge in [0.25, 0.3) is 0 Å². The van der Waals surface area contributed by atoms with Crippen LogP contribution in [0.1, 0.15) is 47.2 Å². The highest BCUT2D eigenvalue weighted by Gasteiger charge is 2.75. The lowest BCUT2D eigenvalue weighted by Crippen LogP contribution is -2.52. The van der Waals surface area contributed by atoms with E-state index >= 15 is 0 Å². The topological polar surface area (TPSA) is 15.7 Å². The van der Waals surface area contributed by atoms with Crippen molar-refractivity contribution in [3.8, 4) is 0 Å². The zero-order valence-corrected chi connectivity index (χ0v) is 21.6. The van der Waals surface area contributed by atoms with Gasteiger partial charge in [-0.3, -0.25) is 9.80 Å². The van der Waals surface area contributed by atoms with Gasteiger partial charge in [0.05, 0.1) is 10.8 Å². The van der Waals surface area contributed by atoms with Gasteiger partial charge in [0.2, 0.25) is 0 Å². The lowest BCUT2D eigenvalue weighted by Gasteiger charge is -2.45. The number of likely N-dealkylation sites (tertiary alicyclic amines) is 2. The van der Waals surface area contributed by atoms with Gasteiger partial charge >= 0.3 is 0 Å². The summed E-state index contributed by atoms with van der Waals surface area (Å²) in [7, 11) is 4.53. The van der Waals surface area contributed by atoms with Crippen molar-refractivity contribution in [2.75, 3.05) is 14.1 Å². The molecule has 0 aromatic heterocycles. The molecule has 0 bridgehead atoms. The summed E-state index contributed by atoms with van der Waals surface area (Å²) in [6.45, 7) is 0. The molecular weight excluding hydrogens is 452 g/mol. The maximum Gasteiger partial charge on any atom is 0.123 e. The number of hydrogen-bond acceptors (Lipinski definition) is 3. The van der Waals surface area contributed by atoms with Crippen LogP contribution in [0.3, 0.4) is 0 Å². The van der Waals surface area contributed by atoms with Crippen molar-refractivity contribution in [2.45, 2.75) is 48.2 Å². The molecule has 0 unspecified atom stereocenters. The molecule has 7 rings (SSSR count). The van der Waals surface area contributed by atoms with E-state index in [2.05, 4.69) is 145 Å². The van der Waals surface area contributed by atoms with Gasteiger partial charge in [0, 0.05) is 12.1 Å². The molecule has 3 aliphatic heterocycles. The van der Waals surface area contributed by atoms with Crippen LogP contribution >= 0.6 is 0 Å². The highest BCUT2D eigenvalue weighted by molar-refractivity contribution is 5.49. The molecule has 3 aliphatic rings. The van der Waals surface area contributed by atoms with E-state index in [1.807, 2.05) is 0 Å². The van der Waals surface area contributed by atoms with Crippen LogP contribution in [0.25, 0.3) is 0 Å². The largest absolute Gasteiger partial charge is 0.343 e. The summed E-state index contributed by atoms with van der Waals surface area (Å²) in [6.07, 6.45) is 1.99. The normalized spacial score (nSPS) is 33.4. The van der Waals surface area contributed by atoms with E-state index in [1.165, 1.54) is 22.3 Å². The van der Waals surface area contributed by atoms with E-state index in [-0.39, 0.29) is 35.4 Å². The molecule has 186 valence electrons. The SMILES string of the molecule is CN1[C@H](c2ccccc2)C[C@]2(c3ccccc3)[C@H]1O[C@H]1N(C)[C@H](c3ccccc3)C[C@]12c1ccccc1. The first-order valence-corrected chi connectivity index (χ1v) is 13.5. The van der Waals surface area contributed by atoms with Gasteiger partial charge in [-0.2, -0.15) is 0 Å². The van der Waals surface area contributed by atoms with Gasteiger partial charge in [0.15, 0.2) is 0 Å². The van der Waals surface area contributed by atoms with Crippen LogP contribution in [-0.2, 0) is 15.6 Å². The molecule has 0 amide bonds. The van der Waals surface area contributed by atoms with E-state index in [0.717, 1.165) is 12.8 Å². The van der Waals surface area contributed by atoms with E-state index in [9.17, 15) is 0 Å². The quantitative estimate of drug-likeness (QED) is 0.319. The molecule has 0 radical (unpaired) electrons. The first-order valence-electron chi connectivity index (χ1n) is 13.5. The second kappa shape index (κ2) is 8.66. The highest BCUT2D eigenvalue weighted by atomic mass is 16.5. The molecule has 37 heavy (non-hydrogen) atoms. The minimum atomic E-state index is -0.201. The fraction of sp³-hybridized carbons (Fsp3) is 0.294. The van der Waals surface area contributed by atoms with E-state index in [1.54, 1.807) is 0 Å². The van der Waals surface area contributed by atoms with Gasteiger partial charge in [-0.25, -0.2) is 0 Å². The van der Waals surface area contributed by atoms with Gasteiger partial charge in [0.1, 0.15) is 12.5 Å². The smallest absolute Gasteiger partial charge is 0.123 e. The van der Waals surface area contributed by atoms with Gasteiger partial charge in [-0.1, -0.05) is 121 Å². The molecule has 6 atom stereocenters. The number of rotatable bonds is 4. The Hall–Kier alpha value is -3.24. The van der Waals surface area contributed by atoms with E-state index in [4.69, 9.17) is 4.74 Å². The van der Waals surface area contributed by atoms with Crippen LogP contribution < -0.4 is 0 Å². The third-order valence-electron chi connectivity index (χ3n) is 9.60. The third kappa shape index (κ3) is 3.11. The van der Waals surface area contributed by atoms with Crippen LogP contribution in [0.5, 0.6) is 0 Å². The predicted molar refractivity (Wildman–Crippen MR) is 148 cm³/mol. The number of benzene rings is 4. The second-order valence-corrected chi connectivity index (χ2v) is 11.1. The van der Waals surface area contributed by atoms with Crippen LogP contribution in [0, 0.1) is 0 Å². The Morgan fingerprint density at radius 1 is 0.514 bits per heavy atom. The Balaban J connectivity index is 1.48. The molecule has 3 fully saturated rings. The molecule has 3 nitrogen and oxygen atoms in total. The fourth-order valence-electron chi connectivity index (χ4n) is 8.04. The average molecular weight is 487 g/mol. The molecule has 3 heterocycles. The summed E-state index contributed by atoms with van der Waals surface area (Å²) in [5.74, 6) is 0. The molecule has 3 saturated heterocycles. The Bertz CT molecular complexity index is 1260. The number of ether oxygens (including phenoxy) is 1. The highest BCUT2D eigenvalue weighted by Crippen LogP contribution is 2.70. The Morgan fingerprint density at radius 2 is 0.838 bits per heavy atom. The zero-order valence-electron chi connectivity index (χ0n) is 21.6. The van der Waals surface area contributed by atoms with Gasteiger partial charge < -0.3 is 4.74 Å². The Morgan fingerprint density at radius 3 is 1.19 bits per heavy atom. The first kappa shape index (κ1) is 22.9. The molecular formula is C34H34N2O. The summed E-state index contributed by atoms with van der Waals surface area (Å²) < 4.78 is 7.30. The Labute approximate surface area is 220 Å². The lowest BCUT2D eigenvalue weighted by molar-refractivity contribution is -0.103. The van der Waals surface area contributed by atoms with Crippen molar-refractivity contribution in [1.29, 1.82) is 0 Å². The van der Waals surface area contributed by atoms with Crippen LogP contribution in [-0.4, -0.2) is 36.4 Å². The molecule has 0 aliphatic carbocycles. The minimum Gasteiger partial charge on any atom is -0.343 e. The third-order valence-corrected chi connectivity index (χ3v) is 9.60. The summed E-state index contributed by atoms with van der Waals surface area (Å²) in [5, 5.41) is 0. The van der Waals surface area contributed by atoms with Crippen LogP contribution in [0.15, 0.2) is 121 Å². The molecule has 0 saturated carbocycles. The zero-order chi connectivity index (χ0) is 25.0. The monoisotopic (exact) mass is 486 g/mol. The van der Waals surface area contributed by atoms with Crippen LogP contribution in [0.4, 0.5) is 0 Å². The van der Waals surface area contributed by atoms with Crippen molar-refractivity contribution in [3.63, 3.8) is 0 Å². The van der Waals surface area contributed by atoms with Crippen molar-refractivity contribution >= 4 is 0 Å². The minimum absolute atomic E-state index is 0.0236. The summed E-state index contributed by atoms with van der Waals surface area (Å²) in [6, 6.07) is 45.1. The maximum absolute atomic E-state index is 7.30. The summed E-state index contributed by atoms with van der Waals surface area (Å²) in [5.41, 5.74) is 5.10. The molecule has 0 spiro atoms. The van der Waals surface area contributed by atoms with Crippen LogP contribution in [0.2, 0.25) is 0 Å². The van der Waals surface area contributed by atoms with Gasteiger partial charge in [-0.15, -0.1) is 0 Å². The number of likely N-dealkylation sites (N-methyl/N-ethyl adjacent to an activating group) is 2. The second-order valence-electron chi connectivity index (χ2n) is 11.1.